The van der Waals surface area contributed by atoms with Gasteiger partial charge in [0, 0.05) is 16.3 Å². The van der Waals surface area contributed by atoms with Gasteiger partial charge >= 0.3 is 5.97 Å². The van der Waals surface area contributed by atoms with Gasteiger partial charge in [-0.05, 0) is 43.0 Å². The molecule has 6 heteroatoms. The summed E-state index contributed by atoms with van der Waals surface area (Å²) in [6.45, 7) is 3.28. The van der Waals surface area contributed by atoms with Crippen molar-refractivity contribution in [3.8, 4) is 5.75 Å². The SMILES string of the molecule is CC(C)(NC(=O)c1ccc2ccccc2c1OCCc1cccc(Br)c1)C(=O)O. The molecule has 2 N–H and O–H groups in total. The fourth-order valence-electron chi connectivity index (χ4n) is 2.95. The molecule has 0 bridgehead atoms. The van der Waals surface area contributed by atoms with Crippen LogP contribution < -0.4 is 10.1 Å². The normalized spacial score (nSPS) is 11.3. The Balaban J connectivity index is 1.89. The van der Waals surface area contributed by atoms with Crippen molar-refractivity contribution < 1.29 is 19.4 Å². The van der Waals surface area contributed by atoms with E-state index in [0.29, 0.717) is 24.3 Å². The first-order valence-electron chi connectivity index (χ1n) is 9.23. The van der Waals surface area contributed by atoms with Crippen molar-refractivity contribution in [2.75, 3.05) is 6.61 Å². The van der Waals surface area contributed by atoms with Crippen molar-refractivity contribution in [2.45, 2.75) is 25.8 Å². The topological polar surface area (TPSA) is 75.6 Å². The van der Waals surface area contributed by atoms with Gasteiger partial charge < -0.3 is 15.2 Å². The fraction of sp³-hybridized carbons (Fsp3) is 0.217. The van der Waals surface area contributed by atoms with Crippen molar-refractivity contribution in [3.05, 3.63) is 76.3 Å². The average molecular weight is 456 g/mol. The largest absolute Gasteiger partial charge is 0.492 e. The summed E-state index contributed by atoms with van der Waals surface area (Å²) in [6, 6.07) is 19.1. The van der Waals surface area contributed by atoms with Crippen molar-refractivity contribution in [1.29, 1.82) is 0 Å². The number of hydrogen-bond acceptors (Lipinski definition) is 3. The van der Waals surface area contributed by atoms with Crippen LogP contribution in [0.15, 0.2) is 65.1 Å². The molecule has 0 aliphatic carbocycles. The molecule has 0 spiro atoms. The van der Waals surface area contributed by atoms with E-state index in [9.17, 15) is 14.7 Å². The predicted octanol–water partition coefficient (Wildman–Crippen LogP) is 4.82. The van der Waals surface area contributed by atoms with E-state index in [1.165, 1.54) is 13.8 Å². The maximum Gasteiger partial charge on any atom is 0.328 e. The summed E-state index contributed by atoms with van der Waals surface area (Å²) in [5.74, 6) is -1.14. The van der Waals surface area contributed by atoms with E-state index >= 15 is 0 Å². The van der Waals surface area contributed by atoms with Gasteiger partial charge in [0.1, 0.15) is 11.3 Å². The van der Waals surface area contributed by atoms with Crippen LogP contribution in [-0.2, 0) is 11.2 Å². The van der Waals surface area contributed by atoms with Gasteiger partial charge in [0.25, 0.3) is 5.91 Å². The number of aliphatic carboxylic acids is 1. The lowest BCUT2D eigenvalue weighted by molar-refractivity contribution is -0.143. The lowest BCUT2D eigenvalue weighted by atomic mass is 10.0. The number of amides is 1. The van der Waals surface area contributed by atoms with Crippen molar-refractivity contribution in [2.24, 2.45) is 0 Å². The first kappa shape index (κ1) is 20.9. The number of carboxylic acids is 1. The van der Waals surface area contributed by atoms with Gasteiger partial charge in [0.2, 0.25) is 0 Å². The first-order chi connectivity index (χ1) is 13.8. The Kier molecular flexibility index (Phi) is 6.23. The highest BCUT2D eigenvalue weighted by Gasteiger charge is 2.30. The molecule has 3 aromatic carbocycles. The summed E-state index contributed by atoms with van der Waals surface area (Å²) in [5, 5.41) is 13.6. The maximum atomic E-state index is 12.8. The van der Waals surface area contributed by atoms with Gasteiger partial charge in [0.05, 0.1) is 12.2 Å². The molecular weight excluding hydrogens is 434 g/mol. The predicted molar refractivity (Wildman–Crippen MR) is 116 cm³/mol. The Morgan fingerprint density at radius 2 is 1.83 bits per heavy atom. The minimum atomic E-state index is -1.39. The molecule has 0 unspecified atom stereocenters. The van der Waals surface area contributed by atoms with Gasteiger partial charge in [-0.2, -0.15) is 0 Å². The number of halogens is 1. The van der Waals surface area contributed by atoms with E-state index in [1.54, 1.807) is 6.07 Å². The Hall–Kier alpha value is -2.86. The Morgan fingerprint density at radius 1 is 1.07 bits per heavy atom. The Morgan fingerprint density at radius 3 is 2.55 bits per heavy atom. The molecule has 0 saturated heterocycles. The highest BCUT2D eigenvalue weighted by molar-refractivity contribution is 9.10. The van der Waals surface area contributed by atoms with Crippen molar-refractivity contribution in [1.82, 2.24) is 5.32 Å². The van der Waals surface area contributed by atoms with E-state index in [-0.39, 0.29) is 0 Å². The molecule has 3 aromatic rings. The minimum Gasteiger partial charge on any atom is -0.492 e. The second-order valence-corrected chi connectivity index (χ2v) is 8.19. The minimum absolute atomic E-state index is 0.312. The van der Waals surface area contributed by atoms with Crippen LogP contribution in [0.1, 0.15) is 29.8 Å². The summed E-state index contributed by atoms with van der Waals surface area (Å²) in [6.07, 6.45) is 0.671. The first-order valence-corrected chi connectivity index (χ1v) is 10.0. The molecule has 0 aliphatic heterocycles. The third-order valence-electron chi connectivity index (χ3n) is 4.61. The summed E-state index contributed by atoms with van der Waals surface area (Å²) in [4.78, 5) is 24.2. The molecule has 5 nitrogen and oxygen atoms in total. The zero-order valence-electron chi connectivity index (χ0n) is 16.2. The van der Waals surface area contributed by atoms with Crippen LogP contribution in [0.4, 0.5) is 0 Å². The molecule has 0 heterocycles. The second-order valence-electron chi connectivity index (χ2n) is 7.28. The summed E-state index contributed by atoms with van der Waals surface area (Å²) < 4.78 is 7.06. The number of carbonyl (C=O) groups excluding carboxylic acids is 1. The monoisotopic (exact) mass is 455 g/mol. The smallest absolute Gasteiger partial charge is 0.328 e. The number of fused-ring (bicyclic) bond motifs is 1. The molecule has 29 heavy (non-hydrogen) atoms. The highest BCUT2D eigenvalue weighted by Crippen LogP contribution is 2.30. The quantitative estimate of drug-likeness (QED) is 0.535. The number of carbonyl (C=O) groups is 2. The maximum absolute atomic E-state index is 12.8. The van der Waals surface area contributed by atoms with Gasteiger partial charge in [-0.15, -0.1) is 0 Å². The molecule has 0 aliphatic rings. The standard InChI is InChI=1S/C23H22BrNO4/c1-23(2,22(27)28)25-21(26)19-11-10-16-7-3-4-9-18(16)20(19)29-13-12-15-6-5-8-17(24)14-15/h3-11,14H,12-13H2,1-2H3,(H,25,26)(H,27,28). The number of hydrogen-bond donors (Lipinski definition) is 2. The third-order valence-corrected chi connectivity index (χ3v) is 5.10. The molecule has 0 aromatic heterocycles. The van der Waals surface area contributed by atoms with Crippen molar-refractivity contribution in [3.63, 3.8) is 0 Å². The van der Waals surface area contributed by atoms with Gasteiger partial charge in [-0.1, -0.05) is 58.4 Å². The number of benzene rings is 3. The second kappa shape index (κ2) is 8.66. The number of carboxylic acid groups (broad SMARTS) is 1. The van der Waals surface area contributed by atoms with E-state index in [4.69, 9.17) is 4.74 Å². The fourth-order valence-corrected chi connectivity index (χ4v) is 3.39. The summed E-state index contributed by atoms with van der Waals surface area (Å²) in [5.41, 5.74) is 0.0286. The van der Waals surface area contributed by atoms with Gasteiger partial charge in [-0.25, -0.2) is 4.79 Å². The lowest BCUT2D eigenvalue weighted by Crippen LogP contribution is -2.49. The summed E-state index contributed by atoms with van der Waals surface area (Å²) in [7, 11) is 0. The molecule has 0 saturated carbocycles. The zero-order valence-corrected chi connectivity index (χ0v) is 17.8. The highest BCUT2D eigenvalue weighted by atomic mass is 79.9. The van der Waals surface area contributed by atoms with Crippen LogP contribution in [0.25, 0.3) is 10.8 Å². The van der Waals surface area contributed by atoms with E-state index in [2.05, 4.69) is 21.2 Å². The molecule has 0 fully saturated rings. The van der Waals surface area contributed by atoms with Crippen LogP contribution >= 0.6 is 15.9 Å². The van der Waals surface area contributed by atoms with Gasteiger partial charge in [0.15, 0.2) is 0 Å². The Bertz CT molecular complexity index is 1060. The van der Waals surface area contributed by atoms with E-state index in [1.807, 2.05) is 54.6 Å². The van der Waals surface area contributed by atoms with Gasteiger partial charge in [-0.3, -0.25) is 4.79 Å². The molecule has 0 radical (unpaired) electrons. The molecule has 1 amide bonds. The Labute approximate surface area is 177 Å². The van der Waals surface area contributed by atoms with Crippen LogP contribution in [0, 0.1) is 0 Å². The van der Waals surface area contributed by atoms with Crippen molar-refractivity contribution >= 4 is 38.6 Å². The van der Waals surface area contributed by atoms with Crippen LogP contribution in [0.2, 0.25) is 0 Å². The zero-order chi connectivity index (χ0) is 21.0. The molecule has 150 valence electrons. The van der Waals surface area contributed by atoms with E-state index in [0.717, 1.165) is 20.8 Å². The van der Waals surface area contributed by atoms with E-state index < -0.39 is 17.4 Å². The molecule has 0 atom stereocenters. The number of nitrogens with one attached hydrogen (secondary N) is 1. The number of rotatable bonds is 7. The van der Waals surface area contributed by atoms with Crippen LogP contribution in [0.3, 0.4) is 0 Å². The van der Waals surface area contributed by atoms with Crippen LogP contribution in [-0.4, -0.2) is 29.1 Å². The number of ether oxygens (including phenoxy) is 1. The molecule has 3 rings (SSSR count). The third kappa shape index (κ3) is 4.95. The van der Waals surface area contributed by atoms with Crippen LogP contribution in [0.5, 0.6) is 5.75 Å². The lowest BCUT2D eigenvalue weighted by Gasteiger charge is -2.22. The molecular formula is C23H22BrNO4. The summed E-state index contributed by atoms with van der Waals surface area (Å²) >= 11 is 3.46. The average Bonchev–Trinajstić information content (AvgIpc) is 2.67.